The Hall–Kier alpha value is -0.940. The van der Waals surface area contributed by atoms with Gasteiger partial charge in [0.2, 0.25) is 0 Å². The molecule has 3 N–H and O–H groups in total. The van der Waals surface area contributed by atoms with Gasteiger partial charge in [-0.15, -0.1) is 0 Å². The zero-order valence-corrected chi connectivity index (χ0v) is 11.4. The van der Waals surface area contributed by atoms with Crippen LogP contribution in [0.1, 0.15) is 23.7 Å². The van der Waals surface area contributed by atoms with Gasteiger partial charge < -0.3 is 11.1 Å². The summed E-state index contributed by atoms with van der Waals surface area (Å²) in [6.07, 6.45) is 2.97. The van der Waals surface area contributed by atoms with Gasteiger partial charge in [-0.1, -0.05) is 11.6 Å². The molecule has 1 heterocycles. The van der Waals surface area contributed by atoms with Crippen molar-refractivity contribution in [2.24, 2.45) is 0 Å². The van der Waals surface area contributed by atoms with Gasteiger partial charge in [0.1, 0.15) is 11.0 Å². The van der Waals surface area contributed by atoms with Crippen molar-refractivity contribution in [3.8, 4) is 0 Å². The van der Waals surface area contributed by atoms with E-state index in [2.05, 4.69) is 10.3 Å². The van der Waals surface area contributed by atoms with E-state index in [1.807, 2.05) is 13.2 Å². The van der Waals surface area contributed by atoms with Crippen molar-refractivity contribution in [2.45, 2.75) is 19.4 Å². The van der Waals surface area contributed by atoms with Crippen LogP contribution in [0, 0.1) is 0 Å². The minimum Gasteiger partial charge on any atom is -0.384 e. The number of thioether (sulfide) groups is 1. The molecule has 1 unspecified atom stereocenters. The number of nitrogens with zero attached hydrogens (tertiary/aromatic N) is 1. The molecule has 1 aromatic heterocycles. The summed E-state index contributed by atoms with van der Waals surface area (Å²) in [6.45, 7) is 1.97. The van der Waals surface area contributed by atoms with E-state index in [1.165, 1.54) is 12.1 Å². The van der Waals surface area contributed by atoms with Crippen LogP contribution in [0.25, 0.3) is 0 Å². The molecular formula is C11H16ClN3OS. The van der Waals surface area contributed by atoms with Crippen molar-refractivity contribution in [1.82, 2.24) is 10.3 Å². The van der Waals surface area contributed by atoms with Crippen LogP contribution in [0.15, 0.2) is 12.1 Å². The van der Waals surface area contributed by atoms with Crippen molar-refractivity contribution >= 4 is 35.1 Å². The van der Waals surface area contributed by atoms with Crippen molar-refractivity contribution in [2.75, 3.05) is 17.7 Å². The van der Waals surface area contributed by atoms with Crippen LogP contribution in [-0.2, 0) is 0 Å². The van der Waals surface area contributed by atoms with Gasteiger partial charge in [-0.2, -0.15) is 11.8 Å². The number of carbonyl (C=O) groups is 1. The minimum atomic E-state index is -0.172. The summed E-state index contributed by atoms with van der Waals surface area (Å²) < 4.78 is 0. The second kappa shape index (κ2) is 6.71. The Kier molecular flexibility index (Phi) is 5.58. The first-order chi connectivity index (χ1) is 8.02. The van der Waals surface area contributed by atoms with Crippen molar-refractivity contribution in [1.29, 1.82) is 0 Å². The van der Waals surface area contributed by atoms with Gasteiger partial charge in [-0.3, -0.25) is 4.79 Å². The maximum atomic E-state index is 11.9. The molecule has 0 spiro atoms. The third kappa shape index (κ3) is 4.83. The summed E-state index contributed by atoms with van der Waals surface area (Å²) in [4.78, 5) is 15.7. The Labute approximate surface area is 110 Å². The molecule has 4 nitrogen and oxygen atoms in total. The van der Waals surface area contributed by atoms with E-state index in [4.69, 9.17) is 17.3 Å². The zero-order valence-electron chi connectivity index (χ0n) is 9.87. The molecule has 1 amide bonds. The molecule has 0 aliphatic heterocycles. The van der Waals surface area contributed by atoms with Crippen LogP contribution in [0.3, 0.4) is 0 Å². The first-order valence-corrected chi connectivity index (χ1v) is 7.03. The maximum absolute atomic E-state index is 11.9. The average Bonchev–Trinajstić information content (AvgIpc) is 2.25. The zero-order chi connectivity index (χ0) is 12.8. The number of aromatic nitrogens is 1. The average molecular weight is 274 g/mol. The highest BCUT2D eigenvalue weighted by Gasteiger charge is 2.11. The van der Waals surface area contributed by atoms with Crippen LogP contribution >= 0.6 is 23.4 Å². The molecule has 0 saturated carbocycles. The number of nitrogens with one attached hydrogen (secondary N) is 1. The van der Waals surface area contributed by atoms with Gasteiger partial charge in [0, 0.05) is 11.6 Å². The predicted molar refractivity (Wildman–Crippen MR) is 73.6 cm³/mol. The molecule has 0 saturated heterocycles. The number of nitrogen functional groups attached to an aromatic ring is 1. The summed E-state index contributed by atoms with van der Waals surface area (Å²) in [6, 6.07) is 3.15. The normalized spacial score (nSPS) is 12.2. The fraction of sp³-hybridized carbons (Fsp3) is 0.455. The number of pyridine rings is 1. The molecule has 0 fully saturated rings. The SMILES string of the molecule is CSCCC(C)NC(=O)c1cc(N)nc(Cl)c1. The first kappa shape index (κ1) is 14.1. The molecule has 94 valence electrons. The topological polar surface area (TPSA) is 68.0 Å². The minimum absolute atomic E-state index is 0.128. The number of amides is 1. The lowest BCUT2D eigenvalue weighted by Crippen LogP contribution is -2.33. The number of anilines is 1. The summed E-state index contributed by atoms with van der Waals surface area (Å²) in [5.41, 5.74) is 5.97. The molecule has 1 atom stereocenters. The molecule has 1 aromatic rings. The second-order valence-corrected chi connectivity index (χ2v) is 5.13. The van der Waals surface area contributed by atoms with E-state index in [1.54, 1.807) is 11.8 Å². The highest BCUT2D eigenvalue weighted by atomic mass is 35.5. The molecule has 17 heavy (non-hydrogen) atoms. The quantitative estimate of drug-likeness (QED) is 0.807. The highest BCUT2D eigenvalue weighted by Crippen LogP contribution is 2.12. The van der Waals surface area contributed by atoms with Crippen LogP contribution in [0.5, 0.6) is 0 Å². The molecule has 0 bridgehead atoms. The first-order valence-electron chi connectivity index (χ1n) is 5.25. The van der Waals surface area contributed by atoms with Gasteiger partial charge in [-0.25, -0.2) is 4.98 Å². The molecule has 0 aromatic carbocycles. The van der Waals surface area contributed by atoms with E-state index in [0.717, 1.165) is 12.2 Å². The van der Waals surface area contributed by atoms with Crippen LogP contribution in [0.4, 0.5) is 5.82 Å². The maximum Gasteiger partial charge on any atom is 0.251 e. The van der Waals surface area contributed by atoms with Crippen molar-refractivity contribution < 1.29 is 4.79 Å². The molecule has 1 rings (SSSR count). The van der Waals surface area contributed by atoms with E-state index in [-0.39, 0.29) is 22.9 Å². The lowest BCUT2D eigenvalue weighted by molar-refractivity contribution is 0.0939. The molecule has 0 aliphatic carbocycles. The third-order valence-corrected chi connectivity index (χ3v) is 3.05. The Morgan fingerprint density at radius 1 is 1.65 bits per heavy atom. The lowest BCUT2D eigenvalue weighted by atomic mass is 10.2. The number of hydrogen-bond acceptors (Lipinski definition) is 4. The van der Waals surface area contributed by atoms with E-state index < -0.39 is 0 Å². The Morgan fingerprint density at radius 3 is 2.94 bits per heavy atom. The number of hydrogen-bond donors (Lipinski definition) is 2. The standard InChI is InChI=1S/C11H16ClN3OS/c1-7(3-4-17-2)14-11(16)8-5-9(12)15-10(13)6-8/h5-7H,3-4H2,1-2H3,(H2,13,15)(H,14,16). The number of halogens is 1. The Morgan fingerprint density at radius 2 is 2.35 bits per heavy atom. The van der Waals surface area contributed by atoms with Gasteiger partial charge in [0.15, 0.2) is 0 Å². The summed E-state index contributed by atoms with van der Waals surface area (Å²) in [5.74, 6) is 1.09. The van der Waals surface area contributed by atoms with E-state index in [9.17, 15) is 4.79 Å². The smallest absolute Gasteiger partial charge is 0.251 e. The molecular weight excluding hydrogens is 258 g/mol. The van der Waals surface area contributed by atoms with Crippen molar-refractivity contribution in [3.05, 3.63) is 22.8 Å². The van der Waals surface area contributed by atoms with E-state index in [0.29, 0.717) is 5.56 Å². The summed E-state index contributed by atoms with van der Waals surface area (Å²) >= 11 is 7.50. The lowest BCUT2D eigenvalue weighted by Gasteiger charge is -2.13. The fourth-order valence-corrected chi connectivity index (χ4v) is 2.13. The third-order valence-electron chi connectivity index (χ3n) is 2.21. The van der Waals surface area contributed by atoms with E-state index >= 15 is 0 Å². The number of nitrogens with two attached hydrogens (primary N) is 1. The van der Waals surface area contributed by atoms with Gasteiger partial charge in [-0.05, 0) is 37.5 Å². The Balaban J connectivity index is 2.63. The number of rotatable bonds is 5. The van der Waals surface area contributed by atoms with Gasteiger partial charge in [0.25, 0.3) is 5.91 Å². The second-order valence-electron chi connectivity index (χ2n) is 3.76. The molecule has 6 heteroatoms. The molecule has 0 radical (unpaired) electrons. The van der Waals surface area contributed by atoms with Crippen LogP contribution in [0.2, 0.25) is 5.15 Å². The van der Waals surface area contributed by atoms with Crippen LogP contribution < -0.4 is 11.1 Å². The van der Waals surface area contributed by atoms with Gasteiger partial charge >= 0.3 is 0 Å². The summed E-state index contributed by atoms with van der Waals surface area (Å²) in [7, 11) is 0. The number of carbonyl (C=O) groups excluding carboxylic acids is 1. The van der Waals surface area contributed by atoms with Crippen LogP contribution in [-0.4, -0.2) is 28.9 Å². The largest absolute Gasteiger partial charge is 0.384 e. The highest BCUT2D eigenvalue weighted by molar-refractivity contribution is 7.98. The van der Waals surface area contributed by atoms with Crippen molar-refractivity contribution in [3.63, 3.8) is 0 Å². The fourth-order valence-electron chi connectivity index (χ4n) is 1.32. The van der Waals surface area contributed by atoms with Gasteiger partial charge in [0.05, 0.1) is 0 Å². The summed E-state index contributed by atoms with van der Waals surface area (Å²) in [5, 5.41) is 3.12. The monoisotopic (exact) mass is 273 g/mol. The molecule has 0 aliphatic rings. The predicted octanol–water partition coefficient (Wildman–Crippen LogP) is 2.19. The Bertz CT molecular complexity index is 380.